The molecule has 15 heavy (non-hydrogen) atoms. The minimum absolute atomic E-state index is 0.266. The predicted octanol–water partition coefficient (Wildman–Crippen LogP) is 2.64. The van der Waals surface area contributed by atoms with Crippen molar-refractivity contribution >= 4 is 27.7 Å². The van der Waals surface area contributed by atoms with E-state index in [9.17, 15) is 0 Å². The minimum Gasteiger partial charge on any atom is -0.396 e. The summed E-state index contributed by atoms with van der Waals surface area (Å²) in [5.41, 5.74) is 1.31. The van der Waals surface area contributed by atoms with Gasteiger partial charge in [-0.2, -0.15) is 0 Å². The third-order valence-electron chi connectivity index (χ3n) is 1.96. The summed E-state index contributed by atoms with van der Waals surface area (Å²) in [6.45, 7) is 1.15. The fourth-order valence-electron chi connectivity index (χ4n) is 1.25. The lowest BCUT2D eigenvalue weighted by Crippen LogP contribution is -2.06. The van der Waals surface area contributed by atoms with Crippen LogP contribution < -0.4 is 5.32 Å². The van der Waals surface area contributed by atoms with Gasteiger partial charge in [0.25, 0.3) is 0 Å². The highest BCUT2D eigenvalue weighted by Crippen LogP contribution is 2.26. The maximum absolute atomic E-state index is 8.74. The molecule has 0 heterocycles. The van der Waals surface area contributed by atoms with Crippen molar-refractivity contribution in [1.82, 2.24) is 5.32 Å². The van der Waals surface area contributed by atoms with Crippen LogP contribution in [0.3, 0.4) is 0 Å². The predicted molar refractivity (Wildman–Crippen MR) is 69.3 cm³/mol. The second kappa shape index (κ2) is 7.28. The Hall–Kier alpha value is -0.0300. The Kier molecular flexibility index (Phi) is 6.32. The first-order chi connectivity index (χ1) is 7.27. The number of thioether (sulfide) groups is 1. The van der Waals surface area contributed by atoms with E-state index in [-0.39, 0.29) is 6.61 Å². The molecule has 0 aromatic heterocycles. The van der Waals surface area contributed by atoms with Gasteiger partial charge in [0.15, 0.2) is 0 Å². The molecule has 84 valence electrons. The van der Waals surface area contributed by atoms with Crippen molar-refractivity contribution < 1.29 is 5.11 Å². The smallest absolute Gasteiger partial charge is 0.0439 e. The summed E-state index contributed by atoms with van der Waals surface area (Å²) in [5, 5.41) is 11.9. The SMILES string of the molecule is CNCc1ccc(Br)cc1SCCCO. The summed E-state index contributed by atoms with van der Waals surface area (Å²) in [7, 11) is 1.95. The van der Waals surface area contributed by atoms with Gasteiger partial charge in [0.2, 0.25) is 0 Å². The molecule has 0 radical (unpaired) electrons. The molecule has 0 aliphatic carbocycles. The topological polar surface area (TPSA) is 32.3 Å². The van der Waals surface area contributed by atoms with Gasteiger partial charge in [-0.3, -0.25) is 0 Å². The van der Waals surface area contributed by atoms with Crippen molar-refractivity contribution in [2.75, 3.05) is 19.4 Å². The lowest BCUT2D eigenvalue weighted by atomic mass is 10.2. The number of nitrogens with one attached hydrogen (secondary N) is 1. The Morgan fingerprint density at radius 2 is 2.27 bits per heavy atom. The number of halogens is 1. The summed E-state index contributed by atoms with van der Waals surface area (Å²) in [4.78, 5) is 1.28. The molecule has 1 aromatic rings. The van der Waals surface area contributed by atoms with Crippen molar-refractivity contribution in [1.29, 1.82) is 0 Å². The largest absolute Gasteiger partial charge is 0.396 e. The van der Waals surface area contributed by atoms with Gasteiger partial charge < -0.3 is 10.4 Å². The van der Waals surface area contributed by atoms with Crippen LogP contribution in [0, 0.1) is 0 Å². The highest BCUT2D eigenvalue weighted by atomic mass is 79.9. The molecule has 0 spiro atoms. The van der Waals surface area contributed by atoms with Gasteiger partial charge in [-0.1, -0.05) is 22.0 Å². The Labute approximate surface area is 104 Å². The summed E-state index contributed by atoms with van der Waals surface area (Å²) in [6.07, 6.45) is 0.843. The average molecular weight is 290 g/mol. The molecule has 0 fully saturated rings. The van der Waals surface area contributed by atoms with Gasteiger partial charge in [0.1, 0.15) is 0 Å². The van der Waals surface area contributed by atoms with Gasteiger partial charge in [-0.05, 0) is 31.2 Å². The van der Waals surface area contributed by atoms with E-state index in [0.29, 0.717) is 0 Å². The standard InChI is InChI=1S/C11H16BrNOS/c1-13-8-9-3-4-10(12)7-11(9)15-6-2-5-14/h3-4,7,13-14H,2,5-6,8H2,1H3. The van der Waals surface area contributed by atoms with Crippen LogP contribution in [0.5, 0.6) is 0 Å². The Morgan fingerprint density at radius 1 is 1.47 bits per heavy atom. The molecule has 0 saturated heterocycles. The van der Waals surface area contributed by atoms with E-state index in [1.165, 1.54) is 10.5 Å². The zero-order valence-electron chi connectivity index (χ0n) is 8.79. The van der Waals surface area contributed by atoms with E-state index >= 15 is 0 Å². The van der Waals surface area contributed by atoms with Crippen LogP contribution in [0.2, 0.25) is 0 Å². The first-order valence-electron chi connectivity index (χ1n) is 4.94. The molecule has 1 rings (SSSR count). The summed E-state index contributed by atoms with van der Waals surface area (Å²) >= 11 is 5.27. The second-order valence-electron chi connectivity index (χ2n) is 3.21. The van der Waals surface area contributed by atoms with Crippen molar-refractivity contribution in [3.05, 3.63) is 28.2 Å². The number of hydrogen-bond acceptors (Lipinski definition) is 3. The van der Waals surface area contributed by atoms with Gasteiger partial charge in [-0.25, -0.2) is 0 Å². The van der Waals surface area contributed by atoms with Crippen LogP contribution in [0.25, 0.3) is 0 Å². The summed E-state index contributed by atoms with van der Waals surface area (Å²) in [5.74, 6) is 0.962. The quantitative estimate of drug-likeness (QED) is 0.624. The van der Waals surface area contributed by atoms with E-state index in [4.69, 9.17) is 5.11 Å². The number of aliphatic hydroxyl groups excluding tert-OH is 1. The zero-order chi connectivity index (χ0) is 11.1. The molecular weight excluding hydrogens is 274 g/mol. The second-order valence-corrected chi connectivity index (χ2v) is 5.26. The van der Waals surface area contributed by atoms with E-state index in [1.54, 1.807) is 11.8 Å². The van der Waals surface area contributed by atoms with Gasteiger partial charge in [-0.15, -0.1) is 11.8 Å². The van der Waals surface area contributed by atoms with Gasteiger partial charge in [0.05, 0.1) is 0 Å². The molecular formula is C11H16BrNOS. The van der Waals surface area contributed by atoms with Crippen LogP contribution in [-0.2, 0) is 6.54 Å². The molecule has 2 N–H and O–H groups in total. The third-order valence-corrected chi connectivity index (χ3v) is 3.63. The number of benzene rings is 1. The third kappa shape index (κ3) is 4.55. The van der Waals surface area contributed by atoms with Crippen LogP contribution in [0.1, 0.15) is 12.0 Å². The van der Waals surface area contributed by atoms with Gasteiger partial charge >= 0.3 is 0 Å². The Balaban J connectivity index is 2.68. The lowest BCUT2D eigenvalue weighted by molar-refractivity contribution is 0.296. The summed E-state index contributed by atoms with van der Waals surface area (Å²) < 4.78 is 1.11. The van der Waals surface area contributed by atoms with E-state index in [1.807, 2.05) is 7.05 Å². The maximum Gasteiger partial charge on any atom is 0.0439 e. The van der Waals surface area contributed by atoms with Crippen molar-refractivity contribution in [2.24, 2.45) is 0 Å². The Bertz CT molecular complexity index is 307. The number of rotatable bonds is 6. The van der Waals surface area contributed by atoms with Crippen molar-refractivity contribution in [3.63, 3.8) is 0 Å². The van der Waals surface area contributed by atoms with E-state index in [0.717, 1.165) is 23.2 Å². The van der Waals surface area contributed by atoms with Crippen molar-refractivity contribution in [2.45, 2.75) is 17.9 Å². The van der Waals surface area contributed by atoms with E-state index < -0.39 is 0 Å². The van der Waals surface area contributed by atoms with Crippen LogP contribution >= 0.6 is 27.7 Å². The van der Waals surface area contributed by atoms with E-state index in [2.05, 4.69) is 39.4 Å². The van der Waals surface area contributed by atoms with Crippen LogP contribution in [0.15, 0.2) is 27.6 Å². The highest BCUT2D eigenvalue weighted by molar-refractivity contribution is 9.10. The molecule has 0 amide bonds. The van der Waals surface area contributed by atoms with Crippen molar-refractivity contribution in [3.8, 4) is 0 Å². The maximum atomic E-state index is 8.74. The Morgan fingerprint density at radius 3 is 2.93 bits per heavy atom. The first-order valence-corrected chi connectivity index (χ1v) is 6.72. The fourth-order valence-corrected chi connectivity index (χ4v) is 2.79. The molecule has 0 bridgehead atoms. The molecule has 1 aromatic carbocycles. The molecule has 0 aliphatic heterocycles. The number of hydrogen-bond donors (Lipinski definition) is 2. The average Bonchev–Trinajstić information content (AvgIpc) is 2.22. The fraction of sp³-hybridized carbons (Fsp3) is 0.455. The van der Waals surface area contributed by atoms with Crippen LogP contribution in [0.4, 0.5) is 0 Å². The molecule has 2 nitrogen and oxygen atoms in total. The highest BCUT2D eigenvalue weighted by Gasteiger charge is 2.03. The van der Waals surface area contributed by atoms with Gasteiger partial charge in [0, 0.05) is 28.3 Å². The molecule has 0 atom stereocenters. The van der Waals surface area contributed by atoms with Crippen LogP contribution in [-0.4, -0.2) is 24.5 Å². The lowest BCUT2D eigenvalue weighted by Gasteiger charge is -2.09. The zero-order valence-corrected chi connectivity index (χ0v) is 11.2. The normalized spacial score (nSPS) is 10.6. The summed E-state index contributed by atoms with van der Waals surface area (Å²) in [6, 6.07) is 6.32. The molecule has 0 unspecified atom stereocenters. The molecule has 4 heteroatoms. The minimum atomic E-state index is 0.266. The monoisotopic (exact) mass is 289 g/mol. The molecule has 0 aliphatic rings. The number of aliphatic hydroxyl groups is 1. The first kappa shape index (κ1) is 13.0. The molecule has 0 saturated carbocycles.